The number of hydrogen-bond acceptors (Lipinski definition) is 11. The maximum atomic E-state index is 11.7. The van der Waals surface area contributed by atoms with E-state index >= 15 is 0 Å². The highest BCUT2D eigenvalue weighted by atomic mass is 16.6. The van der Waals surface area contributed by atoms with Crippen LogP contribution < -0.4 is 28.4 Å². The van der Waals surface area contributed by atoms with E-state index in [2.05, 4.69) is 55.0 Å². The molecule has 0 saturated carbocycles. The molecule has 2 fully saturated rings. The molecular formula is C55H60N2O10. The lowest BCUT2D eigenvalue weighted by molar-refractivity contribution is -0.136. The number of H-pyrrole nitrogens is 1. The van der Waals surface area contributed by atoms with Gasteiger partial charge in [-0.3, -0.25) is 9.59 Å². The van der Waals surface area contributed by atoms with Crippen molar-refractivity contribution in [1.29, 1.82) is 0 Å². The van der Waals surface area contributed by atoms with Crippen molar-refractivity contribution in [3.63, 3.8) is 0 Å². The molecule has 0 aliphatic carbocycles. The Morgan fingerprint density at radius 3 is 1.48 bits per heavy atom. The number of epoxide rings is 2. The molecule has 2 unspecified atom stereocenters. The van der Waals surface area contributed by atoms with Gasteiger partial charge in [0.2, 0.25) is 0 Å². The number of rotatable bonds is 15. The Bertz CT molecular complexity index is 2490. The van der Waals surface area contributed by atoms with Crippen molar-refractivity contribution in [1.82, 2.24) is 9.97 Å². The zero-order valence-electron chi connectivity index (χ0n) is 39.3. The molecule has 5 heterocycles. The van der Waals surface area contributed by atoms with Crippen LogP contribution in [0.5, 0.6) is 34.5 Å². The SMILES string of the molecule is CC(C)(c1ccc(OCC2CO2)cc1)c1ccc(OCC2CO2)cc1.CCc1ncc(C)[nH]1.Cc1c(OCc2cccc(COc3ccc4c(c3C)OC(=O)CC4)c2)ccc2c1OC(=O)CC2. The van der Waals surface area contributed by atoms with Gasteiger partial charge in [-0.05, 0) is 109 Å². The number of aromatic amines is 1. The Hall–Kier alpha value is -6.63. The molecule has 2 saturated heterocycles. The van der Waals surface area contributed by atoms with Gasteiger partial charge in [-0.15, -0.1) is 0 Å². The number of hydrogen-bond donors (Lipinski definition) is 1. The molecule has 0 bridgehead atoms. The third-order valence-electron chi connectivity index (χ3n) is 12.2. The second-order valence-electron chi connectivity index (χ2n) is 17.8. The predicted octanol–water partition coefficient (Wildman–Crippen LogP) is 10.0. The summed E-state index contributed by atoms with van der Waals surface area (Å²) < 4.78 is 44.7. The lowest BCUT2D eigenvalue weighted by atomic mass is 9.78. The molecule has 4 aliphatic heterocycles. The summed E-state index contributed by atoms with van der Waals surface area (Å²) in [4.78, 5) is 30.6. The van der Waals surface area contributed by atoms with Crippen molar-refractivity contribution >= 4 is 11.9 Å². The molecule has 350 valence electrons. The van der Waals surface area contributed by atoms with Gasteiger partial charge in [0.25, 0.3) is 0 Å². The average Bonchev–Trinajstić information content (AvgIpc) is 4.30. The summed E-state index contributed by atoms with van der Waals surface area (Å²) in [6, 6.07) is 32.5. The van der Waals surface area contributed by atoms with Gasteiger partial charge in [-0.1, -0.05) is 75.4 Å². The fraction of sp³-hybridized carbons (Fsp3) is 0.364. The first-order valence-corrected chi connectivity index (χ1v) is 23.1. The number of imidazole rings is 1. The number of nitrogens with zero attached hydrogens (tertiary/aromatic N) is 1. The van der Waals surface area contributed by atoms with E-state index in [1.54, 1.807) is 0 Å². The van der Waals surface area contributed by atoms with Crippen molar-refractivity contribution in [3.8, 4) is 34.5 Å². The normalized spacial score (nSPS) is 16.6. The van der Waals surface area contributed by atoms with Crippen LogP contribution >= 0.6 is 0 Å². The Morgan fingerprint density at radius 1 is 0.627 bits per heavy atom. The van der Waals surface area contributed by atoms with Gasteiger partial charge >= 0.3 is 11.9 Å². The minimum absolute atomic E-state index is 0.0870. The number of aryl methyl sites for hydroxylation is 4. The van der Waals surface area contributed by atoms with Crippen LogP contribution in [0.4, 0.5) is 0 Å². The Morgan fingerprint density at radius 2 is 1.09 bits per heavy atom. The largest absolute Gasteiger partial charge is 0.491 e. The average molecular weight is 909 g/mol. The van der Waals surface area contributed by atoms with Crippen molar-refractivity contribution in [2.45, 2.75) is 104 Å². The van der Waals surface area contributed by atoms with Gasteiger partial charge in [0.05, 0.1) is 26.1 Å². The molecule has 1 N–H and O–H groups in total. The van der Waals surface area contributed by atoms with E-state index < -0.39 is 0 Å². The van der Waals surface area contributed by atoms with Crippen LogP contribution in [0.2, 0.25) is 0 Å². The topological polar surface area (TPSA) is 143 Å². The van der Waals surface area contributed by atoms with Crippen LogP contribution in [-0.4, -0.2) is 60.5 Å². The molecule has 12 nitrogen and oxygen atoms in total. The number of fused-ring (bicyclic) bond motifs is 2. The van der Waals surface area contributed by atoms with Gasteiger partial charge in [0.15, 0.2) is 0 Å². The van der Waals surface area contributed by atoms with Gasteiger partial charge in [0, 0.05) is 34.9 Å². The van der Waals surface area contributed by atoms with Crippen LogP contribution in [-0.2, 0) is 57.0 Å². The van der Waals surface area contributed by atoms with Crippen molar-refractivity contribution in [3.05, 3.63) is 159 Å². The maximum Gasteiger partial charge on any atom is 0.311 e. The van der Waals surface area contributed by atoms with Crippen LogP contribution in [0, 0.1) is 20.8 Å². The summed E-state index contributed by atoms with van der Waals surface area (Å²) >= 11 is 0. The lowest BCUT2D eigenvalue weighted by Crippen LogP contribution is -2.18. The Balaban J connectivity index is 0.000000161. The van der Waals surface area contributed by atoms with E-state index in [4.69, 9.17) is 37.9 Å². The zero-order valence-corrected chi connectivity index (χ0v) is 39.3. The first-order chi connectivity index (χ1) is 32.4. The van der Waals surface area contributed by atoms with E-state index in [9.17, 15) is 9.59 Å². The number of carbonyl (C=O) groups excluding carboxylic acids is 2. The lowest BCUT2D eigenvalue weighted by Gasteiger charge is -2.26. The fourth-order valence-corrected chi connectivity index (χ4v) is 7.84. The van der Waals surface area contributed by atoms with Crippen molar-refractivity contribution < 1.29 is 47.5 Å². The second-order valence-corrected chi connectivity index (χ2v) is 17.8. The molecule has 67 heavy (non-hydrogen) atoms. The van der Waals surface area contributed by atoms with Crippen LogP contribution in [0.3, 0.4) is 0 Å². The molecule has 0 amide bonds. The van der Waals surface area contributed by atoms with Gasteiger partial charge in [-0.25, -0.2) is 4.98 Å². The molecule has 5 aromatic carbocycles. The molecule has 2 atom stereocenters. The van der Waals surface area contributed by atoms with E-state index in [0.717, 1.165) is 76.0 Å². The molecule has 12 heteroatoms. The van der Waals surface area contributed by atoms with Gasteiger partial charge < -0.3 is 42.9 Å². The van der Waals surface area contributed by atoms with E-state index in [-0.39, 0.29) is 29.6 Å². The Kier molecular flexibility index (Phi) is 14.9. The van der Waals surface area contributed by atoms with E-state index in [1.807, 2.05) is 99.8 Å². The summed E-state index contributed by atoms with van der Waals surface area (Å²) in [7, 11) is 0. The maximum absolute atomic E-state index is 11.7. The smallest absolute Gasteiger partial charge is 0.311 e. The third kappa shape index (κ3) is 12.6. The highest BCUT2D eigenvalue weighted by Crippen LogP contribution is 2.37. The monoisotopic (exact) mass is 908 g/mol. The molecule has 10 rings (SSSR count). The summed E-state index contributed by atoms with van der Waals surface area (Å²) in [6.45, 7) is 16.0. The van der Waals surface area contributed by atoms with Gasteiger partial charge in [0.1, 0.15) is 79.0 Å². The summed E-state index contributed by atoms with van der Waals surface area (Å²) in [5, 5.41) is 0. The summed E-state index contributed by atoms with van der Waals surface area (Å²) in [6.07, 6.45) is 5.63. The first kappa shape index (κ1) is 46.9. The second kappa shape index (κ2) is 21.3. The number of carbonyl (C=O) groups is 2. The molecule has 6 aromatic rings. The van der Waals surface area contributed by atoms with E-state index in [1.165, 1.54) is 11.1 Å². The highest BCUT2D eigenvalue weighted by Gasteiger charge is 2.27. The zero-order chi connectivity index (χ0) is 46.9. The number of ether oxygens (including phenoxy) is 8. The van der Waals surface area contributed by atoms with Crippen LogP contribution in [0.15, 0.2) is 103 Å². The number of aromatic nitrogens is 2. The van der Waals surface area contributed by atoms with E-state index in [0.29, 0.717) is 75.1 Å². The number of nitrogens with one attached hydrogen (secondary N) is 1. The van der Waals surface area contributed by atoms with Gasteiger partial charge in [-0.2, -0.15) is 0 Å². The highest BCUT2D eigenvalue weighted by molar-refractivity contribution is 5.77. The van der Waals surface area contributed by atoms with Crippen LogP contribution in [0.1, 0.15) is 89.6 Å². The standard InChI is InChI=1S/C28H26O6.C21H24O4.C6H10N2/c1-17-23(10-6-21-8-12-25(29)33-27(17)21)31-15-19-4-3-5-20(14-19)16-32-24-11-7-22-9-13-26(30)34-28(22)18(24)2;1-21(2,15-3-7-17(8-4-15)22-11-19-13-24-19)16-5-9-18(10-6-16)23-12-20-14-25-20;1-3-6-7-4-5(2)8-6/h3-7,10-11,14H,8-9,12-13,15-16H2,1-2H3;3-10,19-20H,11-14H2,1-2H3;4H,3H2,1-2H3,(H,7,8). The first-order valence-electron chi connectivity index (χ1n) is 23.1. The number of esters is 2. The number of benzene rings is 5. The molecular weight excluding hydrogens is 849 g/mol. The summed E-state index contributed by atoms with van der Waals surface area (Å²) in [5.74, 6) is 5.11. The molecule has 0 spiro atoms. The molecule has 4 aliphatic rings. The summed E-state index contributed by atoms with van der Waals surface area (Å²) in [5.41, 5.74) is 9.33. The van der Waals surface area contributed by atoms with Crippen LogP contribution in [0.25, 0.3) is 0 Å². The van der Waals surface area contributed by atoms with Crippen molar-refractivity contribution in [2.24, 2.45) is 0 Å². The van der Waals surface area contributed by atoms with Crippen molar-refractivity contribution in [2.75, 3.05) is 26.4 Å². The molecule has 1 aromatic heterocycles. The third-order valence-corrected chi connectivity index (χ3v) is 12.2. The molecule has 0 radical (unpaired) electrons. The quantitative estimate of drug-likeness (QED) is 0.0598. The fourth-order valence-electron chi connectivity index (χ4n) is 7.84. The predicted molar refractivity (Wildman–Crippen MR) is 254 cm³/mol. The Labute approximate surface area is 392 Å². The minimum Gasteiger partial charge on any atom is -0.491 e. The minimum atomic E-state index is -0.201.